The molecule has 3 atom stereocenters. The van der Waals surface area contributed by atoms with Crippen molar-refractivity contribution in [3.63, 3.8) is 0 Å². The molecule has 5 aromatic rings. The number of nitrogens with one attached hydrogen (secondary N) is 2. The minimum atomic E-state index is -1.07. The average molecular weight is 769 g/mol. The van der Waals surface area contributed by atoms with Gasteiger partial charge in [-0.05, 0) is 85.9 Å². The van der Waals surface area contributed by atoms with Gasteiger partial charge in [0.05, 0.1) is 35.9 Å². The average Bonchev–Trinajstić information content (AvgIpc) is 4.07. The molecule has 2 aromatic heterocycles. The first-order valence-electron chi connectivity index (χ1n) is 20.4. The molecule has 3 amide bonds. The van der Waals surface area contributed by atoms with Gasteiger partial charge in [-0.15, -0.1) is 0 Å². The van der Waals surface area contributed by atoms with Gasteiger partial charge in [-0.3, -0.25) is 19.4 Å². The lowest BCUT2D eigenvalue weighted by Gasteiger charge is -2.48. The van der Waals surface area contributed by atoms with Gasteiger partial charge in [0.1, 0.15) is 23.2 Å². The number of benzene rings is 3. The monoisotopic (exact) mass is 768 g/mol. The molecule has 0 spiro atoms. The third kappa shape index (κ3) is 7.11. The predicted octanol–water partition coefficient (Wildman–Crippen LogP) is 8.08. The number of carbonyl (C=O) groups excluding carboxylic acids is 2. The zero-order chi connectivity index (χ0) is 39.7. The number of hydrogen-bond donors (Lipinski definition) is 3. The molecule has 8 rings (SSSR count). The van der Waals surface area contributed by atoms with Crippen LogP contribution in [-0.4, -0.2) is 101 Å². The van der Waals surface area contributed by atoms with Crippen LogP contribution in [0.2, 0.25) is 0 Å². The minimum absolute atomic E-state index is 0.0957. The van der Waals surface area contributed by atoms with Gasteiger partial charge in [0.15, 0.2) is 0 Å². The normalized spacial score (nSPS) is 19.4. The number of imidazole rings is 2. The number of likely N-dealkylation sites (N-methyl/N-ethyl adjacent to an activating group) is 2. The topological polar surface area (TPSA) is 142 Å². The maximum Gasteiger partial charge on any atom is 0.407 e. The Labute approximate surface area is 333 Å². The molecule has 3 aliphatic rings. The van der Waals surface area contributed by atoms with Crippen molar-refractivity contribution in [1.82, 2.24) is 39.5 Å². The number of likely N-dealkylation sites (tertiary alicyclic amines) is 2. The lowest BCUT2D eigenvalue weighted by atomic mass is 9.74. The SMILES string of the molecule is CCN(CC)[C@@H](C(=O)N1CCC[C@H]1c1ncc(-c2ccc(-c3ccc(-c4cnc([C@@H]5CCCN5C(=O)C5(N(C)C(=O)O)CCC5)[nH]4)cc3)cc2)[nH]1)c1ccccc1. The number of hydrogen-bond acceptors (Lipinski definition) is 6. The van der Waals surface area contributed by atoms with Crippen LogP contribution in [0, 0.1) is 0 Å². The van der Waals surface area contributed by atoms with Crippen molar-refractivity contribution in [2.24, 2.45) is 0 Å². The highest BCUT2D eigenvalue weighted by Crippen LogP contribution is 2.43. The van der Waals surface area contributed by atoms with Crippen molar-refractivity contribution < 1.29 is 19.5 Å². The maximum atomic E-state index is 14.2. The molecule has 2 aliphatic heterocycles. The van der Waals surface area contributed by atoms with Crippen LogP contribution in [-0.2, 0) is 9.59 Å². The van der Waals surface area contributed by atoms with Crippen LogP contribution in [0.1, 0.15) is 94.1 Å². The molecule has 4 heterocycles. The zero-order valence-electron chi connectivity index (χ0n) is 33.0. The Balaban J connectivity index is 0.933. The lowest BCUT2D eigenvalue weighted by Crippen LogP contribution is -2.63. The Morgan fingerprint density at radius 3 is 1.70 bits per heavy atom. The number of aromatic nitrogens is 4. The third-order valence-electron chi connectivity index (χ3n) is 12.6. The Hall–Kier alpha value is -5.75. The molecule has 1 saturated carbocycles. The first-order chi connectivity index (χ1) is 27.7. The second-order valence-corrected chi connectivity index (χ2v) is 15.6. The molecule has 0 radical (unpaired) electrons. The highest BCUT2D eigenvalue weighted by Gasteiger charge is 2.53. The summed E-state index contributed by atoms with van der Waals surface area (Å²) in [6.45, 7) is 7.11. The number of rotatable bonds is 12. The summed E-state index contributed by atoms with van der Waals surface area (Å²) < 4.78 is 0. The van der Waals surface area contributed by atoms with Crippen LogP contribution < -0.4 is 0 Å². The van der Waals surface area contributed by atoms with E-state index in [0.717, 1.165) is 96.0 Å². The van der Waals surface area contributed by atoms with Gasteiger partial charge >= 0.3 is 6.09 Å². The molecule has 12 heteroatoms. The summed E-state index contributed by atoms with van der Waals surface area (Å²) >= 11 is 0. The van der Waals surface area contributed by atoms with E-state index in [-0.39, 0.29) is 29.9 Å². The van der Waals surface area contributed by atoms with Crippen molar-refractivity contribution in [3.8, 4) is 33.6 Å². The molecule has 2 saturated heterocycles. The quantitative estimate of drug-likeness (QED) is 0.117. The van der Waals surface area contributed by atoms with Crippen LogP contribution in [0.4, 0.5) is 4.79 Å². The smallest absolute Gasteiger partial charge is 0.407 e. The van der Waals surface area contributed by atoms with Crippen LogP contribution >= 0.6 is 0 Å². The number of nitrogens with zero attached hydrogens (tertiary/aromatic N) is 6. The van der Waals surface area contributed by atoms with E-state index in [0.29, 0.717) is 25.9 Å². The zero-order valence-corrected chi connectivity index (χ0v) is 33.0. The Morgan fingerprint density at radius 1 is 0.737 bits per heavy atom. The fourth-order valence-electron chi connectivity index (χ4n) is 9.14. The number of H-pyrrole nitrogens is 2. The van der Waals surface area contributed by atoms with Crippen molar-refractivity contribution in [2.45, 2.75) is 82.5 Å². The summed E-state index contributed by atoms with van der Waals surface area (Å²) in [6, 6.07) is 26.2. The molecule has 57 heavy (non-hydrogen) atoms. The molecule has 0 unspecified atom stereocenters. The van der Waals surface area contributed by atoms with E-state index in [4.69, 9.17) is 9.97 Å². The van der Waals surface area contributed by atoms with Crippen molar-refractivity contribution in [3.05, 3.63) is 108 Å². The molecule has 3 aromatic carbocycles. The molecule has 3 fully saturated rings. The van der Waals surface area contributed by atoms with Crippen molar-refractivity contribution in [1.29, 1.82) is 0 Å². The van der Waals surface area contributed by atoms with Crippen LogP contribution in [0.25, 0.3) is 33.6 Å². The second-order valence-electron chi connectivity index (χ2n) is 15.6. The largest absolute Gasteiger partial charge is 0.465 e. The number of carbonyl (C=O) groups is 3. The standard InChI is InChI=1S/C45H52N8O4/c1-4-51(5-2)39(34-12-7-6-8-13-34)42(54)52-26-9-14-37(52)40-46-28-35(48-40)32-20-16-30(17-21-32)31-18-22-33(23-19-31)36-29-47-41(49-36)38-15-10-27-53(38)43(55)45(24-11-25-45)50(3)44(56)57/h6-8,12-13,16-23,28-29,37-39H,4-5,9-11,14-15,24-27H2,1-3H3,(H,46,48)(H,47,49)(H,56,57)/t37-,38-,39+/m0/s1. The lowest BCUT2D eigenvalue weighted by molar-refractivity contribution is -0.149. The molecular formula is C45H52N8O4. The number of carboxylic acid groups (broad SMARTS) is 1. The molecule has 3 N–H and O–H groups in total. The Kier molecular flexibility index (Phi) is 10.7. The first kappa shape index (κ1) is 38.1. The van der Waals surface area contributed by atoms with Crippen LogP contribution in [0.15, 0.2) is 91.3 Å². The predicted molar refractivity (Wildman–Crippen MR) is 219 cm³/mol. The van der Waals surface area contributed by atoms with Gasteiger partial charge in [-0.1, -0.05) is 92.7 Å². The third-order valence-corrected chi connectivity index (χ3v) is 12.6. The Bertz CT molecular complexity index is 2190. The second kappa shape index (κ2) is 16.0. The summed E-state index contributed by atoms with van der Waals surface area (Å²) in [4.78, 5) is 63.6. The van der Waals surface area contributed by atoms with E-state index >= 15 is 0 Å². The van der Waals surface area contributed by atoms with Crippen molar-refractivity contribution >= 4 is 17.9 Å². The van der Waals surface area contributed by atoms with Crippen LogP contribution in [0.3, 0.4) is 0 Å². The van der Waals surface area contributed by atoms with E-state index in [1.807, 2.05) is 40.4 Å². The molecule has 296 valence electrons. The summed E-state index contributed by atoms with van der Waals surface area (Å²) in [6.07, 6.45) is 8.01. The van der Waals surface area contributed by atoms with E-state index in [2.05, 4.69) is 89.4 Å². The highest BCUT2D eigenvalue weighted by molar-refractivity contribution is 5.91. The van der Waals surface area contributed by atoms with E-state index in [9.17, 15) is 19.5 Å². The fourth-order valence-corrected chi connectivity index (χ4v) is 9.14. The summed E-state index contributed by atoms with van der Waals surface area (Å²) in [5.74, 6) is 1.57. The van der Waals surface area contributed by atoms with E-state index in [1.54, 1.807) is 0 Å². The number of aromatic amines is 2. The minimum Gasteiger partial charge on any atom is -0.465 e. The molecular weight excluding hydrogens is 717 g/mol. The van der Waals surface area contributed by atoms with Gasteiger partial charge in [-0.25, -0.2) is 14.8 Å². The van der Waals surface area contributed by atoms with Gasteiger partial charge in [0.25, 0.3) is 0 Å². The van der Waals surface area contributed by atoms with Crippen LogP contribution in [0.5, 0.6) is 0 Å². The summed E-state index contributed by atoms with van der Waals surface area (Å²) in [7, 11) is 1.51. The van der Waals surface area contributed by atoms with Gasteiger partial charge in [-0.2, -0.15) is 0 Å². The number of amides is 3. The highest BCUT2D eigenvalue weighted by atomic mass is 16.4. The van der Waals surface area contributed by atoms with E-state index in [1.165, 1.54) is 11.9 Å². The Morgan fingerprint density at radius 2 is 1.23 bits per heavy atom. The van der Waals surface area contributed by atoms with Crippen molar-refractivity contribution in [2.75, 3.05) is 33.2 Å². The molecule has 12 nitrogen and oxygen atoms in total. The molecule has 1 aliphatic carbocycles. The van der Waals surface area contributed by atoms with Gasteiger partial charge in [0, 0.05) is 20.1 Å². The van der Waals surface area contributed by atoms with Gasteiger partial charge in [0.2, 0.25) is 11.8 Å². The fraction of sp³-hybridized carbons (Fsp3) is 0.400. The summed E-state index contributed by atoms with van der Waals surface area (Å²) in [5, 5.41) is 9.68. The maximum absolute atomic E-state index is 14.2. The van der Waals surface area contributed by atoms with Gasteiger partial charge < -0.3 is 24.9 Å². The summed E-state index contributed by atoms with van der Waals surface area (Å²) in [5.41, 5.74) is 6.02. The molecule has 0 bridgehead atoms. The first-order valence-corrected chi connectivity index (χ1v) is 20.4. The van der Waals surface area contributed by atoms with E-state index < -0.39 is 11.6 Å².